The molecular formula is C15H10N4O2. The van der Waals surface area contributed by atoms with E-state index in [1.807, 2.05) is 18.2 Å². The van der Waals surface area contributed by atoms with Gasteiger partial charge in [0, 0.05) is 11.3 Å². The maximum absolute atomic E-state index is 10.7. The second kappa shape index (κ2) is 4.51. The Morgan fingerprint density at radius 1 is 1.14 bits per heavy atom. The minimum atomic E-state index is -1.51. The summed E-state index contributed by atoms with van der Waals surface area (Å²) in [5.41, 5.74) is 12.5. The number of isocyanates is 2. The van der Waals surface area contributed by atoms with Crippen molar-refractivity contribution in [3.8, 4) is 0 Å². The molecule has 21 heavy (non-hydrogen) atoms. The topological polar surface area (TPSA) is 111 Å². The van der Waals surface area contributed by atoms with Gasteiger partial charge >= 0.3 is 0 Å². The molecule has 0 aromatic heterocycles. The highest BCUT2D eigenvalue weighted by Crippen LogP contribution is 2.34. The molecule has 0 radical (unpaired) electrons. The number of hydrogen-bond acceptors (Lipinski definition) is 6. The molecule has 2 aliphatic carbocycles. The summed E-state index contributed by atoms with van der Waals surface area (Å²) >= 11 is 0. The molecule has 0 spiro atoms. The number of nitrogens with zero attached hydrogens (tertiary/aromatic N) is 2. The van der Waals surface area contributed by atoms with Crippen LogP contribution in [-0.4, -0.2) is 17.8 Å². The van der Waals surface area contributed by atoms with Gasteiger partial charge in [0.1, 0.15) is 5.70 Å². The predicted octanol–water partition coefficient (Wildman–Crippen LogP) is -0.636. The third-order valence-electron chi connectivity index (χ3n) is 3.48. The van der Waals surface area contributed by atoms with E-state index >= 15 is 0 Å². The lowest BCUT2D eigenvalue weighted by Crippen LogP contribution is -2.39. The number of carbonyl (C=O) groups excluding carboxylic acids is 2. The molecule has 0 saturated heterocycles. The molecular weight excluding hydrogens is 268 g/mol. The van der Waals surface area contributed by atoms with Gasteiger partial charge in [0.05, 0.1) is 0 Å². The van der Waals surface area contributed by atoms with Crippen LogP contribution in [0.2, 0.25) is 0 Å². The Bertz CT molecular complexity index is 929. The molecule has 3 rings (SSSR count). The van der Waals surface area contributed by atoms with Crippen LogP contribution in [0.25, 0.3) is 11.6 Å². The van der Waals surface area contributed by atoms with Gasteiger partial charge in [-0.15, -0.1) is 0 Å². The Labute approximate surface area is 119 Å². The lowest BCUT2D eigenvalue weighted by atomic mass is 9.91. The smallest absolute Gasteiger partial charge is 0.240 e. The second-order valence-corrected chi connectivity index (χ2v) is 4.73. The quantitative estimate of drug-likeness (QED) is 0.426. The van der Waals surface area contributed by atoms with Gasteiger partial charge < -0.3 is 5.73 Å². The Morgan fingerprint density at radius 3 is 2.67 bits per heavy atom. The van der Waals surface area contributed by atoms with Crippen LogP contribution in [0.1, 0.15) is 0 Å². The van der Waals surface area contributed by atoms with Crippen LogP contribution in [0.15, 0.2) is 51.6 Å². The number of rotatable bonds is 2. The molecule has 1 aromatic rings. The summed E-state index contributed by atoms with van der Waals surface area (Å²) in [4.78, 5) is 28.5. The summed E-state index contributed by atoms with van der Waals surface area (Å²) in [6.45, 7) is 0. The van der Waals surface area contributed by atoms with Crippen molar-refractivity contribution in [3.63, 3.8) is 0 Å². The molecule has 6 heteroatoms. The molecule has 0 bridgehead atoms. The number of nitrogen functional groups attached to an aromatic ring is 1. The van der Waals surface area contributed by atoms with Gasteiger partial charge in [-0.2, -0.15) is 9.98 Å². The normalized spacial score (nSPS) is 21.9. The molecule has 2 aliphatic rings. The van der Waals surface area contributed by atoms with E-state index in [2.05, 4.69) is 9.98 Å². The molecule has 1 unspecified atom stereocenters. The zero-order valence-electron chi connectivity index (χ0n) is 10.8. The minimum absolute atomic E-state index is 0.160. The highest BCUT2D eigenvalue weighted by Gasteiger charge is 2.34. The lowest BCUT2D eigenvalue weighted by molar-refractivity contribution is 0.545. The Morgan fingerprint density at radius 2 is 1.95 bits per heavy atom. The van der Waals surface area contributed by atoms with Crippen LogP contribution in [-0.2, 0) is 9.59 Å². The van der Waals surface area contributed by atoms with Crippen molar-refractivity contribution in [3.05, 3.63) is 52.1 Å². The van der Waals surface area contributed by atoms with Crippen molar-refractivity contribution >= 4 is 29.5 Å². The lowest BCUT2D eigenvalue weighted by Gasteiger charge is -2.24. The second-order valence-electron chi connectivity index (χ2n) is 4.73. The van der Waals surface area contributed by atoms with Crippen molar-refractivity contribution in [2.45, 2.75) is 5.66 Å². The molecule has 0 heterocycles. The highest BCUT2D eigenvalue weighted by molar-refractivity contribution is 5.91. The predicted molar refractivity (Wildman–Crippen MR) is 77.3 cm³/mol. The maximum Gasteiger partial charge on any atom is 0.240 e. The standard InChI is InChI=1S/C15H10N4O2/c16-10-1-2-11-9(5-10)6-13-12(11)3-4-15(17,19-8-21)14(13)18-7-20/h1-6H,16-17H2. The average molecular weight is 278 g/mol. The summed E-state index contributed by atoms with van der Waals surface area (Å²) in [5.74, 6) is 0. The van der Waals surface area contributed by atoms with E-state index in [0.29, 0.717) is 11.3 Å². The van der Waals surface area contributed by atoms with Gasteiger partial charge in [0.2, 0.25) is 12.2 Å². The first-order valence-electron chi connectivity index (χ1n) is 6.11. The van der Waals surface area contributed by atoms with Gasteiger partial charge in [-0.25, -0.2) is 9.59 Å². The Kier molecular flexibility index (Phi) is 2.78. The molecule has 0 saturated carbocycles. The fraction of sp³-hybridized carbons (Fsp3) is 0.0667. The Hall–Kier alpha value is -3.04. The van der Waals surface area contributed by atoms with E-state index in [4.69, 9.17) is 11.5 Å². The summed E-state index contributed by atoms with van der Waals surface area (Å²) < 4.78 is 0. The zero-order valence-corrected chi connectivity index (χ0v) is 10.8. The van der Waals surface area contributed by atoms with E-state index in [-0.39, 0.29) is 5.70 Å². The first-order valence-corrected chi connectivity index (χ1v) is 6.11. The van der Waals surface area contributed by atoms with Gasteiger partial charge in [-0.05, 0) is 40.3 Å². The minimum Gasteiger partial charge on any atom is -0.399 e. The number of nitrogens with two attached hydrogens (primary N) is 2. The molecule has 1 aromatic carbocycles. The average Bonchev–Trinajstić information content (AvgIpc) is 2.80. The summed E-state index contributed by atoms with van der Waals surface area (Å²) in [6, 6.07) is 5.47. The number of aliphatic imine (C=N–C) groups is 2. The van der Waals surface area contributed by atoms with E-state index in [1.54, 1.807) is 12.1 Å². The van der Waals surface area contributed by atoms with Crippen molar-refractivity contribution in [2.75, 3.05) is 5.73 Å². The molecule has 4 N–H and O–H groups in total. The van der Waals surface area contributed by atoms with Crippen molar-refractivity contribution in [1.82, 2.24) is 0 Å². The molecule has 6 nitrogen and oxygen atoms in total. The summed E-state index contributed by atoms with van der Waals surface area (Å²) in [5, 5.41) is 1.84. The van der Waals surface area contributed by atoms with Crippen LogP contribution < -0.4 is 21.9 Å². The fourth-order valence-electron chi connectivity index (χ4n) is 2.57. The van der Waals surface area contributed by atoms with Crippen LogP contribution in [0.4, 0.5) is 5.69 Å². The van der Waals surface area contributed by atoms with Crippen LogP contribution in [0, 0.1) is 0 Å². The van der Waals surface area contributed by atoms with E-state index in [9.17, 15) is 9.59 Å². The molecule has 0 aliphatic heterocycles. The van der Waals surface area contributed by atoms with Gasteiger partial charge in [-0.3, -0.25) is 5.73 Å². The molecule has 0 fully saturated rings. The molecule has 102 valence electrons. The number of hydrogen-bond donors (Lipinski definition) is 2. The summed E-state index contributed by atoms with van der Waals surface area (Å²) in [6.07, 6.45) is 7.93. The molecule has 1 atom stereocenters. The van der Waals surface area contributed by atoms with Crippen molar-refractivity contribution < 1.29 is 9.59 Å². The Balaban J connectivity index is 2.41. The zero-order chi connectivity index (χ0) is 15.0. The van der Waals surface area contributed by atoms with E-state index < -0.39 is 5.66 Å². The van der Waals surface area contributed by atoms with Crippen molar-refractivity contribution in [1.29, 1.82) is 0 Å². The van der Waals surface area contributed by atoms with E-state index in [0.717, 1.165) is 16.0 Å². The van der Waals surface area contributed by atoms with Crippen LogP contribution in [0.3, 0.4) is 0 Å². The third kappa shape index (κ3) is 1.88. The van der Waals surface area contributed by atoms with Crippen molar-refractivity contribution in [2.24, 2.45) is 15.7 Å². The van der Waals surface area contributed by atoms with E-state index in [1.165, 1.54) is 18.2 Å². The monoisotopic (exact) mass is 278 g/mol. The SMILES string of the molecule is Nc1ccc2c(c1)=CC1=C(N=C=O)C(N)(N=C=O)C=CC=21. The number of fused-ring (bicyclic) bond motifs is 2. The van der Waals surface area contributed by atoms with Crippen LogP contribution in [0.5, 0.6) is 0 Å². The summed E-state index contributed by atoms with van der Waals surface area (Å²) in [7, 11) is 0. The molecule has 0 amide bonds. The highest BCUT2D eigenvalue weighted by atomic mass is 16.1. The van der Waals surface area contributed by atoms with Gasteiger partial charge in [0.15, 0.2) is 5.66 Å². The number of benzene rings is 1. The third-order valence-corrected chi connectivity index (χ3v) is 3.48. The van der Waals surface area contributed by atoms with Crippen LogP contribution >= 0.6 is 0 Å². The largest absolute Gasteiger partial charge is 0.399 e. The fourth-order valence-corrected chi connectivity index (χ4v) is 2.57. The number of anilines is 1. The van der Waals surface area contributed by atoms with Gasteiger partial charge in [-0.1, -0.05) is 12.1 Å². The first kappa shape index (κ1) is 13.0. The first-order chi connectivity index (χ1) is 10.1. The van der Waals surface area contributed by atoms with Gasteiger partial charge in [0.25, 0.3) is 0 Å². The number of allylic oxidation sites excluding steroid dienone is 2. The maximum atomic E-state index is 10.7.